The van der Waals surface area contributed by atoms with Gasteiger partial charge in [-0.15, -0.1) is 0 Å². The van der Waals surface area contributed by atoms with Gasteiger partial charge in [-0.25, -0.2) is 0 Å². The number of carbonyl (C=O) groups excluding carboxylic acids is 2. The number of nitrogens with two attached hydrogens (primary N) is 1. The first kappa shape index (κ1) is 23.7. The minimum atomic E-state index is -0.751. The van der Waals surface area contributed by atoms with Crippen molar-refractivity contribution in [3.63, 3.8) is 0 Å². The fraction of sp³-hybridized carbons (Fsp3) is 0.292. The number of nitrogens with one attached hydrogen (secondary N) is 1. The van der Waals surface area contributed by atoms with Crippen LogP contribution < -0.4 is 20.5 Å². The maximum absolute atomic E-state index is 12.8. The molecule has 9 nitrogen and oxygen atoms in total. The Morgan fingerprint density at radius 3 is 2.29 bits per heavy atom. The van der Waals surface area contributed by atoms with Crippen LogP contribution >= 0.6 is 11.3 Å². The van der Waals surface area contributed by atoms with Crippen molar-refractivity contribution >= 4 is 28.2 Å². The van der Waals surface area contributed by atoms with Gasteiger partial charge in [0.25, 0.3) is 17.0 Å². The first-order valence-electron chi connectivity index (χ1n) is 10.8. The first-order valence-corrected chi connectivity index (χ1v) is 11.7. The van der Waals surface area contributed by atoms with Crippen LogP contribution in [0.1, 0.15) is 26.4 Å². The molecule has 0 radical (unpaired) electrons. The molecule has 0 aliphatic carbocycles. The summed E-state index contributed by atoms with van der Waals surface area (Å²) in [7, 11) is 3.71. The van der Waals surface area contributed by atoms with Crippen LogP contribution in [0.5, 0.6) is 16.7 Å². The molecule has 2 heterocycles. The van der Waals surface area contributed by atoms with Crippen LogP contribution in [-0.2, 0) is 6.54 Å². The van der Waals surface area contributed by atoms with E-state index in [1.165, 1.54) is 0 Å². The average molecular weight is 482 g/mol. The molecular formula is C24H27N5O4S. The number of carbonyl (C=O) groups is 2. The zero-order chi connectivity index (χ0) is 24.1. The summed E-state index contributed by atoms with van der Waals surface area (Å²) in [4.78, 5) is 33.5. The zero-order valence-corrected chi connectivity index (χ0v) is 19.9. The Balaban J connectivity index is 1.41. The van der Waals surface area contributed by atoms with Crippen molar-refractivity contribution in [3.05, 3.63) is 65.4 Å². The molecule has 178 valence electrons. The molecule has 1 aliphatic heterocycles. The molecule has 0 spiro atoms. The van der Waals surface area contributed by atoms with E-state index in [2.05, 4.69) is 27.1 Å². The maximum Gasteiger partial charge on any atom is 0.281 e. The van der Waals surface area contributed by atoms with E-state index in [0.717, 1.165) is 49.6 Å². The minimum absolute atomic E-state index is 0.0476. The number of hydrogen-bond donors (Lipinski definition) is 2. The van der Waals surface area contributed by atoms with E-state index >= 15 is 0 Å². The van der Waals surface area contributed by atoms with Crippen LogP contribution in [0.3, 0.4) is 0 Å². The first-order chi connectivity index (χ1) is 16.4. The lowest BCUT2D eigenvalue weighted by Crippen LogP contribution is -2.43. The minimum Gasteiger partial charge on any atom is -0.497 e. The van der Waals surface area contributed by atoms with Gasteiger partial charge >= 0.3 is 0 Å². The molecule has 10 heteroatoms. The highest BCUT2D eigenvalue weighted by Crippen LogP contribution is 2.34. The summed E-state index contributed by atoms with van der Waals surface area (Å²) in [5.41, 5.74) is 7.04. The SMILES string of the molecule is COc1ccc(Oc2nc(C(N)=O)c(NC(=O)c3ccc(CN4CCN(C)CC4)cc3)s2)cc1. The lowest BCUT2D eigenvalue weighted by Gasteiger charge is -2.32. The van der Waals surface area contributed by atoms with E-state index in [0.29, 0.717) is 17.1 Å². The molecule has 2 amide bonds. The summed E-state index contributed by atoms with van der Waals surface area (Å²) in [6.45, 7) is 5.02. The number of piperazine rings is 1. The van der Waals surface area contributed by atoms with Crippen molar-refractivity contribution in [2.75, 3.05) is 45.7 Å². The molecule has 0 bridgehead atoms. The smallest absolute Gasteiger partial charge is 0.281 e. The maximum atomic E-state index is 12.8. The number of nitrogens with zero attached hydrogens (tertiary/aromatic N) is 3. The highest BCUT2D eigenvalue weighted by Gasteiger charge is 2.20. The summed E-state index contributed by atoms with van der Waals surface area (Å²) in [5.74, 6) is 0.0955. The third-order valence-electron chi connectivity index (χ3n) is 5.55. The van der Waals surface area contributed by atoms with Gasteiger partial charge in [0.1, 0.15) is 16.5 Å². The highest BCUT2D eigenvalue weighted by molar-refractivity contribution is 7.18. The van der Waals surface area contributed by atoms with Gasteiger partial charge in [-0.05, 0) is 49.0 Å². The molecular weight excluding hydrogens is 454 g/mol. The number of ether oxygens (including phenoxy) is 2. The monoisotopic (exact) mass is 481 g/mol. The zero-order valence-electron chi connectivity index (χ0n) is 19.1. The second-order valence-corrected chi connectivity index (χ2v) is 8.99. The van der Waals surface area contributed by atoms with E-state index < -0.39 is 5.91 Å². The number of benzene rings is 2. The Morgan fingerprint density at radius 1 is 1.03 bits per heavy atom. The highest BCUT2D eigenvalue weighted by atomic mass is 32.1. The topological polar surface area (TPSA) is 110 Å². The van der Waals surface area contributed by atoms with Gasteiger partial charge in [-0.3, -0.25) is 14.5 Å². The van der Waals surface area contributed by atoms with Crippen LogP contribution in [0.4, 0.5) is 5.00 Å². The van der Waals surface area contributed by atoms with Crippen LogP contribution in [0.2, 0.25) is 0 Å². The van der Waals surface area contributed by atoms with Gasteiger partial charge in [-0.1, -0.05) is 23.5 Å². The molecule has 1 fully saturated rings. The molecule has 1 saturated heterocycles. The fourth-order valence-corrected chi connectivity index (χ4v) is 4.38. The molecule has 0 atom stereocenters. The molecule has 34 heavy (non-hydrogen) atoms. The van der Waals surface area contributed by atoms with Crippen molar-refractivity contribution < 1.29 is 19.1 Å². The van der Waals surface area contributed by atoms with E-state index in [9.17, 15) is 9.59 Å². The number of aromatic nitrogens is 1. The Hall–Kier alpha value is -3.47. The van der Waals surface area contributed by atoms with E-state index in [4.69, 9.17) is 15.2 Å². The predicted octanol–water partition coefficient (Wildman–Crippen LogP) is 3.04. The third kappa shape index (κ3) is 5.90. The predicted molar refractivity (Wildman–Crippen MR) is 131 cm³/mol. The molecule has 3 aromatic rings. The van der Waals surface area contributed by atoms with Crippen LogP contribution in [0.15, 0.2) is 48.5 Å². The van der Waals surface area contributed by atoms with Crippen molar-refractivity contribution in [2.45, 2.75) is 6.54 Å². The summed E-state index contributed by atoms with van der Waals surface area (Å²) >= 11 is 1.03. The number of hydrogen-bond acceptors (Lipinski definition) is 8. The third-order valence-corrected chi connectivity index (χ3v) is 6.40. The Bertz CT molecular complexity index is 1140. The molecule has 1 aromatic heterocycles. The lowest BCUT2D eigenvalue weighted by molar-refractivity contribution is 0.0996. The Labute approximate surface area is 202 Å². The standard InChI is InChI=1S/C24H27N5O4S/c1-28-11-13-29(14-12-28)15-16-3-5-17(6-4-16)22(31)27-23-20(21(25)30)26-24(34-23)33-19-9-7-18(32-2)8-10-19/h3-10H,11-15H2,1-2H3,(H2,25,30)(H,27,31). The van der Waals surface area contributed by atoms with Crippen molar-refractivity contribution in [3.8, 4) is 16.7 Å². The number of amides is 2. The average Bonchev–Trinajstić information content (AvgIpc) is 3.24. The number of rotatable bonds is 8. The number of methoxy groups -OCH3 is 1. The Morgan fingerprint density at radius 2 is 1.68 bits per heavy atom. The molecule has 1 aliphatic rings. The molecule has 0 unspecified atom stereocenters. The molecule has 3 N–H and O–H groups in total. The number of thiazole rings is 1. The molecule has 0 saturated carbocycles. The van der Waals surface area contributed by atoms with E-state index in [1.807, 2.05) is 12.1 Å². The summed E-state index contributed by atoms with van der Waals surface area (Å²) in [5, 5.41) is 3.17. The molecule has 2 aromatic carbocycles. The summed E-state index contributed by atoms with van der Waals surface area (Å²) in [6.07, 6.45) is 0. The van der Waals surface area contributed by atoms with Gasteiger partial charge in [0.05, 0.1) is 7.11 Å². The van der Waals surface area contributed by atoms with Gasteiger partial charge in [0, 0.05) is 38.3 Å². The van der Waals surface area contributed by atoms with Gasteiger partial charge in [-0.2, -0.15) is 4.98 Å². The second-order valence-electron chi connectivity index (χ2n) is 8.03. The van der Waals surface area contributed by atoms with E-state index in [1.54, 1.807) is 43.5 Å². The van der Waals surface area contributed by atoms with Crippen LogP contribution in [0.25, 0.3) is 0 Å². The van der Waals surface area contributed by atoms with Gasteiger partial charge in [0.15, 0.2) is 5.69 Å². The lowest BCUT2D eigenvalue weighted by atomic mass is 10.1. The second kappa shape index (κ2) is 10.6. The largest absolute Gasteiger partial charge is 0.497 e. The molecule has 4 rings (SSSR count). The van der Waals surface area contributed by atoms with Crippen molar-refractivity contribution in [1.29, 1.82) is 0 Å². The number of likely N-dealkylation sites (N-methyl/N-ethyl adjacent to an activating group) is 1. The quantitative estimate of drug-likeness (QED) is 0.509. The van der Waals surface area contributed by atoms with Crippen molar-refractivity contribution in [1.82, 2.24) is 14.8 Å². The normalized spacial score (nSPS) is 14.5. The van der Waals surface area contributed by atoms with Crippen molar-refractivity contribution in [2.24, 2.45) is 5.73 Å². The van der Waals surface area contributed by atoms with Crippen LogP contribution in [0, 0.1) is 0 Å². The fourth-order valence-electron chi connectivity index (χ4n) is 3.54. The number of anilines is 1. The Kier molecular flexibility index (Phi) is 7.41. The summed E-state index contributed by atoms with van der Waals surface area (Å²) in [6, 6.07) is 14.4. The number of primary amides is 1. The van der Waals surface area contributed by atoms with Crippen LogP contribution in [-0.4, -0.2) is 66.9 Å². The van der Waals surface area contributed by atoms with E-state index in [-0.39, 0.29) is 21.8 Å². The van der Waals surface area contributed by atoms with Gasteiger partial charge in [0.2, 0.25) is 0 Å². The van der Waals surface area contributed by atoms with Gasteiger partial charge < -0.3 is 25.4 Å². The summed E-state index contributed by atoms with van der Waals surface area (Å²) < 4.78 is 10.8.